The number of carboxylic acids is 1. The van der Waals surface area contributed by atoms with Gasteiger partial charge in [0.2, 0.25) is 0 Å². The van der Waals surface area contributed by atoms with Gasteiger partial charge in [0, 0.05) is 24.9 Å². The molecule has 1 aromatic heterocycles. The third-order valence-electron chi connectivity index (χ3n) is 2.87. The lowest BCUT2D eigenvalue weighted by molar-refractivity contribution is -0.138. The van der Waals surface area contributed by atoms with Crippen LogP contribution in [0, 0.1) is 0 Å². The first-order valence-corrected chi connectivity index (χ1v) is 5.56. The van der Waals surface area contributed by atoms with Crippen molar-refractivity contribution in [2.24, 2.45) is 5.73 Å². The monoisotopic (exact) mass is 237 g/mol. The molecule has 1 saturated heterocycles. The third kappa shape index (κ3) is 2.78. The number of nitrogens with two attached hydrogens (primary N) is 1. The molecule has 6 heteroatoms. The van der Waals surface area contributed by atoms with Crippen LogP contribution in [0.4, 0.5) is 0 Å². The van der Waals surface area contributed by atoms with Crippen molar-refractivity contribution in [3.63, 3.8) is 0 Å². The highest BCUT2D eigenvalue weighted by Crippen LogP contribution is 2.24. The van der Waals surface area contributed by atoms with Crippen molar-refractivity contribution in [3.05, 3.63) is 23.8 Å². The predicted octanol–water partition coefficient (Wildman–Crippen LogP) is 0.455. The average Bonchev–Trinajstić information content (AvgIpc) is 2.39. The van der Waals surface area contributed by atoms with Crippen molar-refractivity contribution < 1.29 is 14.6 Å². The van der Waals surface area contributed by atoms with E-state index < -0.39 is 12.0 Å². The first kappa shape index (κ1) is 11.9. The summed E-state index contributed by atoms with van der Waals surface area (Å²) in [5.74, 6) is -0.685. The first-order valence-electron chi connectivity index (χ1n) is 5.56. The molecular weight excluding hydrogens is 222 g/mol. The molecule has 1 aromatic rings. The Labute approximate surface area is 98.8 Å². The zero-order valence-electron chi connectivity index (χ0n) is 9.37. The summed E-state index contributed by atoms with van der Waals surface area (Å²) in [6.45, 7) is 1.48. The van der Waals surface area contributed by atoms with E-state index in [0.29, 0.717) is 12.5 Å². The molecule has 1 aliphatic rings. The minimum atomic E-state index is -1.16. The Hall–Kier alpha value is -1.53. The van der Waals surface area contributed by atoms with Crippen LogP contribution in [0.1, 0.15) is 36.2 Å². The van der Waals surface area contributed by atoms with Gasteiger partial charge in [-0.25, -0.2) is 9.97 Å². The molecule has 0 spiro atoms. The van der Waals surface area contributed by atoms with E-state index in [9.17, 15) is 4.79 Å². The van der Waals surface area contributed by atoms with Gasteiger partial charge >= 0.3 is 5.97 Å². The Kier molecular flexibility index (Phi) is 3.65. The molecule has 2 rings (SSSR count). The number of hydrogen-bond acceptors (Lipinski definition) is 5. The van der Waals surface area contributed by atoms with Crippen LogP contribution in [0.15, 0.2) is 12.4 Å². The Morgan fingerprint density at radius 1 is 1.53 bits per heavy atom. The van der Waals surface area contributed by atoms with Crippen LogP contribution in [0.3, 0.4) is 0 Å². The molecule has 0 aromatic carbocycles. The molecule has 17 heavy (non-hydrogen) atoms. The summed E-state index contributed by atoms with van der Waals surface area (Å²) in [5.41, 5.74) is 6.39. The molecule has 0 radical (unpaired) electrons. The number of carbonyl (C=O) groups is 1. The number of carboxylic acid groups (broad SMARTS) is 1. The van der Waals surface area contributed by atoms with Crippen molar-refractivity contribution in [1.82, 2.24) is 9.97 Å². The van der Waals surface area contributed by atoms with Crippen LogP contribution in [-0.2, 0) is 9.53 Å². The Balaban J connectivity index is 2.09. The van der Waals surface area contributed by atoms with Gasteiger partial charge in [-0.15, -0.1) is 0 Å². The molecule has 3 N–H and O–H groups in total. The van der Waals surface area contributed by atoms with Gasteiger partial charge in [0.15, 0.2) is 11.9 Å². The lowest BCUT2D eigenvalue weighted by Crippen LogP contribution is -2.23. The van der Waals surface area contributed by atoms with E-state index in [1.54, 1.807) is 12.4 Å². The molecule has 1 aliphatic heterocycles. The van der Waals surface area contributed by atoms with Gasteiger partial charge in [-0.2, -0.15) is 0 Å². The standard InChI is InChI=1S/C11H15N3O3/c12-9(11(15)16)10-13-4-8(5-14-10)7-2-1-3-17-6-7/h4-5,7,9H,1-3,6,12H2,(H,15,16). The zero-order chi connectivity index (χ0) is 12.3. The molecule has 92 valence electrons. The second kappa shape index (κ2) is 5.20. The summed E-state index contributed by atoms with van der Waals surface area (Å²) in [6.07, 6.45) is 5.36. The van der Waals surface area contributed by atoms with Gasteiger partial charge in [0.25, 0.3) is 0 Å². The van der Waals surface area contributed by atoms with Gasteiger partial charge in [-0.05, 0) is 18.4 Å². The summed E-state index contributed by atoms with van der Waals surface area (Å²) >= 11 is 0. The van der Waals surface area contributed by atoms with E-state index >= 15 is 0 Å². The third-order valence-corrected chi connectivity index (χ3v) is 2.87. The van der Waals surface area contributed by atoms with Gasteiger partial charge in [0.1, 0.15) is 0 Å². The van der Waals surface area contributed by atoms with Crippen LogP contribution in [0.2, 0.25) is 0 Å². The number of hydrogen-bond donors (Lipinski definition) is 2. The minimum absolute atomic E-state index is 0.137. The topological polar surface area (TPSA) is 98.3 Å². The highest BCUT2D eigenvalue weighted by atomic mass is 16.5. The molecule has 1 fully saturated rings. The van der Waals surface area contributed by atoms with Crippen LogP contribution in [0.25, 0.3) is 0 Å². The zero-order valence-corrected chi connectivity index (χ0v) is 9.37. The quantitative estimate of drug-likeness (QED) is 0.792. The first-order chi connectivity index (χ1) is 8.18. The maximum absolute atomic E-state index is 10.7. The second-order valence-electron chi connectivity index (χ2n) is 4.10. The summed E-state index contributed by atoms with van der Waals surface area (Å²) in [6, 6.07) is -1.16. The number of aliphatic carboxylic acids is 1. The van der Waals surface area contributed by atoms with Crippen molar-refractivity contribution >= 4 is 5.97 Å². The summed E-state index contributed by atoms with van der Waals surface area (Å²) in [7, 11) is 0. The molecule has 2 heterocycles. The van der Waals surface area contributed by atoms with E-state index in [2.05, 4.69) is 9.97 Å². The van der Waals surface area contributed by atoms with Crippen LogP contribution < -0.4 is 5.73 Å². The van der Waals surface area contributed by atoms with Gasteiger partial charge < -0.3 is 15.6 Å². The highest BCUT2D eigenvalue weighted by Gasteiger charge is 2.20. The summed E-state index contributed by atoms with van der Waals surface area (Å²) < 4.78 is 5.38. The van der Waals surface area contributed by atoms with E-state index in [-0.39, 0.29) is 5.82 Å². The van der Waals surface area contributed by atoms with Crippen molar-refractivity contribution in [3.8, 4) is 0 Å². The smallest absolute Gasteiger partial charge is 0.328 e. The molecule has 6 nitrogen and oxygen atoms in total. The molecule has 0 saturated carbocycles. The Bertz CT molecular complexity index is 387. The molecular formula is C11H15N3O3. The molecule has 0 aliphatic carbocycles. The van der Waals surface area contributed by atoms with E-state index in [1.165, 1.54) is 0 Å². The second-order valence-corrected chi connectivity index (χ2v) is 4.10. The molecule has 0 amide bonds. The molecule has 0 bridgehead atoms. The maximum Gasteiger partial charge on any atom is 0.328 e. The highest BCUT2D eigenvalue weighted by molar-refractivity contribution is 5.73. The largest absolute Gasteiger partial charge is 0.480 e. The fraction of sp³-hybridized carbons (Fsp3) is 0.545. The number of rotatable bonds is 3. The van der Waals surface area contributed by atoms with Crippen LogP contribution in [-0.4, -0.2) is 34.3 Å². The van der Waals surface area contributed by atoms with Crippen molar-refractivity contribution in [1.29, 1.82) is 0 Å². The van der Waals surface area contributed by atoms with Crippen molar-refractivity contribution in [2.45, 2.75) is 24.8 Å². The van der Waals surface area contributed by atoms with Gasteiger partial charge in [0.05, 0.1) is 6.61 Å². The molecule has 2 atom stereocenters. The average molecular weight is 237 g/mol. The molecule has 2 unspecified atom stereocenters. The Morgan fingerprint density at radius 3 is 2.76 bits per heavy atom. The van der Waals surface area contributed by atoms with E-state index in [0.717, 1.165) is 25.0 Å². The van der Waals surface area contributed by atoms with E-state index in [4.69, 9.17) is 15.6 Å². The predicted molar refractivity (Wildman–Crippen MR) is 59.4 cm³/mol. The maximum atomic E-state index is 10.7. The Morgan fingerprint density at radius 2 is 2.24 bits per heavy atom. The summed E-state index contributed by atoms with van der Waals surface area (Å²) in [4.78, 5) is 18.7. The fourth-order valence-electron chi connectivity index (χ4n) is 1.83. The number of nitrogens with zero attached hydrogens (tertiary/aromatic N) is 2. The lowest BCUT2D eigenvalue weighted by Gasteiger charge is -2.21. The SMILES string of the molecule is NC(C(=O)O)c1ncc(C2CCCOC2)cn1. The van der Waals surface area contributed by atoms with E-state index in [1.807, 2.05) is 0 Å². The normalized spacial score (nSPS) is 22.1. The van der Waals surface area contributed by atoms with Gasteiger partial charge in [-0.1, -0.05) is 0 Å². The van der Waals surface area contributed by atoms with Crippen molar-refractivity contribution in [2.75, 3.05) is 13.2 Å². The van der Waals surface area contributed by atoms with Crippen LogP contribution >= 0.6 is 0 Å². The lowest BCUT2D eigenvalue weighted by atomic mass is 9.96. The number of aromatic nitrogens is 2. The summed E-state index contributed by atoms with van der Waals surface area (Å²) in [5, 5.41) is 8.73. The fourth-order valence-corrected chi connectivity index (χ4v) is 1.83. The van der Waals surface area contributed by atoms with Gasteiger partial charge in [-0.3, -0.25) is 4.79 Å². The minimum Gasteiger partial charge on any atom is -0.480 e. The number of ether oxygens (including phenoxy) is 1. The van der Waals surface area contributed by atoms with Crippen LogP contribution in [0.5, 0.6) is 0 Å².